The topological polar surface area (TPSA) is 0 Å². The smallest absolute Gasteiger partial charge is 0.00961 e. The van der Waals surface area contributed by atoms with Crippen LogP contribution in [0, 0.1) is 6.92 Å². The lowest BCUT2D eigenvalue weighted by Gasteiger charge is -2.13. The number of fused-ring (bicyclic) bond motifs is 3. The maximum absolute atomic E-state index is 2.34. The molecule has 0 nitrogen and oxygen atoms in total. The summed E-state index contributed by atoms with van der Waals surface area (Å²) in [7, 11) is 0. The van der Waals surface area contributed by atoms with Crippen molar-refractivity contribution < 1.29 is 0 Å². The van der Waals surface area contributed by atoms with Crippen molar-refractivity contribution in [3.63, 3.8) is 0 Å². The van der Waals surface area contributed by atoms with Gasteiger partial charge in [0.05, 0.1) is 0 Å². The van der Waals surface area contributed by atoms with Gasteiger partial charge < -0.3 is 0 Å². The zero-order chi connectivity index (χ0) is 16.8. The van der Waals surface area contributed by atoms with Crippen molar-refractivity contribution in [1.82, 2.24) is 0 Å². The summed E-state index contributed by atoms with van der Waals surface area (Å²) in [6.45, 7) is 2.20. The molecule has 25 heavy (non-hydrogen) atoms. The van der Waals surface area contributed by atoms with Gasteiger partial charge in [0.15, 0.2) is 0 Å². The third-order valence-electron chi connectivity index (χ3n) is 5.18. The average Bonchev–Trinajstić information content (AvgIpc) is 2.67. The minimum absolute atomic E-state index is 1.29. The van der Waals surface area contributed by atoms with E-state index >= 15 is 0 Å². The second-order valence-corrected chi connectivity index (χ2v) is 6.70. The molecular formula is C25H18. The molecule has 0 saturated carbocycles. The van der Waals surface area contributed by atoms with E-state index in [1.165, 1.54) is 49.0 Å². The molecule has 0 aliphatic heterocycles. The lowest BCUT2D eigenvalue weighted by Crippen LogP contribution is -1.87. The summed E-state index contributed by atoms with van der Waals surface area (Å²) in [5, 5.41) is 7.85. The van der Waals surface area contributed by atoms with Crippen LogP contribution in [0.5, 0.6) is 0 Å². The van der Waals surface area contributed by atoms with Crippen molar-refractivity contribution in [3.05, 3.63) is 96.6 Å². The van der Waals surface area contributed by atoms with Gasteiger partial charge in [-0.05, 0) is 68.1 Å². The van der Waals surface area contributed by atoms with Gasteiger partial charge in [-0.15, -0.1) is 0 Å². The number of benzene rings is 5. The van der Waals surface area contributed by atoms with Gasteiger partial charge in [0.2, 0.25) is 0 Å². The molecule has 0 bridgehead atoms. The van der Waals surface area contributed by atoms with Gasteiger partial charge in [0.1, 0.15) is 0 Å². The van der Waals surface area contributed by atoms with Crippen LogP contribution in [-0.2, 0) is 0 Å². The first kappa shape index (κ1) is 14.2. The number of hydrogen-bond acceptors (Lipinski definition) is 0. The molecule has 5 aromatic rings. The highest BCUT2D eigenvalue weighted by Gasteiger charge is 2.10. The molecule has 5 aromatic carbocycles. The van der Waals surface area contributed by atoms with E-state index in [4.69, 9.17) is 0 Å². The molecule has 0 aliphatic rings. The summed E-state index contributed by atoms with van der Waals surface area (Å²) in [6, 6.07) is 33.0. The molecule has 0 aromatic heterocycles. The lowest BCUT2D eigenvalue weighted by molar-refractivity contribution is 1.53. The molecule has 0 fully saturated rings. The molecule has 0 heteroatoms. The Hall–Kier alpha value is -3.12. The van der Waals surface area contributed by atoms with Crippen LogP contribution in [0.25, 0.3) is 43.4 Å². The van der Waals surface area contributed by atoms with Crippen LogP contribution in [0.1, 0.15) is 5.56 Å². The van der Waals surface area contributed by atoms with Crippen molar-refractivity contribution in [1.29, 1.82) is 0 Å². The molecular weight excluding hydrogens is 300 g/mol. The largest absolute Gasteiger partial charge is 0.0616 e. The highest BCUT2D eigenvalue weighted by molar-refractivity contribution is 6.10. The van der Waals surface area contributed by atoms with Gasteiger partial charge in [0, 0.05) is 0 Å². The summed E-state index contributed by atoms with van der Waals surface area (Å²) in [5.74, 6) is 0. The van der Waals surface area contributed by atoms with Gasteiger partial charge in [-0.3, -0.25) is 0 Å². The van der Waals surface area contributed by atoms with E-state index in [0.29, 0.717) is 0 Å². The van der Waals surface area contributed by atoms with Crippen molar-refractivity contribution in [2.45, 2.75) is 6.92 Å². The second-order valence-electron chi connectivity index (χ2n) is 6.70. The third kappa shape index (κ3) is 2.22. The SMILES string of the molecule is Cc1ccc(-c2cccc3ccccc23)c2cc3ccccc3cc12. The fraction of sp³-hybridized carbons (Fsp3) is 0.0400. The molecule has 0 amide bonds. The van der Waals surface area contributed by atoms with Crippen molar-refractivity contribution in [2.75, 3.05) is 0 Å². The van der Waals surface area contributed by atoms with Crippen molar-refractivity contribution >= 4 is 32.3 Å². The van der Waals surface area contributed by atoms with Gasteiger partial charge in [0.25, 0.3) is 0 Å². The van der Waals surface area contributed by atoms with Crippen LogP contribution in [-0.4, -0.2) is 0 Å². The molecule has 0 atom stereocenters. The normalized spacial score (nSPS) is 11.4. The van der Waals surface area contributed by atoms with Crippen LogP contribution in [0.2, 0.25) is 0 Å². The Bertz CT molecular complexity index is 1240. The monoisotopic (exact) mass is 318 g/mol. The number of hydrogen-bond donors (Lipinski definition) is 0. The Balaban J connectivity index is 1.93. The molecule has 0 spiro atoms. The minimum Gasteiger partial charge on any atom is -0.0616 e. The van der Waals surface area contributed by atoms with Crippen LogP contribution in [0.3, 0.4) is 0 Å². The predicted molar refractivity (Wildman–Crippen MR) is 109 cm³/mol. The Morgan fingerprint density at radius 3 is 1.84 bits per heavy atom. The van der Waals surface area contributed by atoms with E-state index in [9.17, 15) is 0 Å². The third-order valence-corrected chi connectivity index (χ3v) is 5.18. The Labute approximate surface area is 147 Å². The van der Waals surface area contributed by atoms with E-state index in [1.807, 2.05) is 0 Å². The zero-order valence-electron chi connectivity index (χ0n) is 14.2. The summed E-state index contributed by atoms with van der Waals surface area (Å²) < 4.78 is 0. The van der Waals surface area contributed by atoms with Gasteiger partial charge in [-0.1, -0.05) is 78.9 Å². The lowest BCUT2D eigenvalue weighted by atomic mass is 9.91. The molecule has 118 valence electrons. The summed E-state index contributed by atoms with van der Waals surface area (Å²) in [4.78, 5) is 0. The molecule has 5 rings (SSSR count). The summed E-state index contributed by atoms with van der Waals surface area (Å²) in [5.41, 5.74) is 3.94. The van der Waals surface area contributed by atoms with E-state index in [-0.39, 0.29) is 0 Å². The fourth-order valence-electron chi connectivity index (χ4n) is 3.87. The zero-order valence-corrected chi connectivity index (χ0v) is 14.2. The van der Waals surface area contributed by atoms with Gasteiger partial charge >= 0.3 is 0 Å². The summed E-state index contributed by atoms with van der Waals surface area (Å²) in [6.07, 6.45) is 0. The first-order valence-corrected chi connectivity index (χ1v) is 8.71. The molecule has 0 saturated heterocycles. The van der Waals surface area contributed by atoms with E-state index < -0.39 is 0 Å². The summed E-state index contributed by atoms with van der Waals surface area (Å²) >= 11 is 0. The van der Waals surface area contributed by atoms with Crippen LogP contribution in [0.4, 0.5) is 0 Å². The Morgan fingerprint density at radius 1 is 0.440 bits per heavy atom. The van der Waals surface area contributed by atoms with Gasteiger partial charge in [-0.25, -0.2) is 0 Å². The molecule has 0 N–H and O–H groups in total. The highest BCUT2D eigenvalue weighted by Crippen LogP contribution is 2.36. The standard InChI is InChI=1S/C25H18/c1-17-13-14-23(22-12-6-10-18-7-4-5-11-21(18)22)25-16-20-9-3-2-8-19(20)15-24(17)25/h2-16H,1H3. The number of rotatable bonds is 1. The van der Waals surface area contributed by atoms with E-state index in [2.05, 4.69) is 97.9 Å². The van der Waals surface area contributed by atoms with Crippen molar-refractivity contribution in [3.8, 4) is 11.1 Å². The number of aryl methyl sites for hydroxylation is 1. The van der Waals surface area contributed by atoms with Crippen LogP contribution < -0.4 is 0 Å². The van der Waals surface area contributed by atoms with Gasteiger partial charge in [-0.2, -0.15) is 0 Å². The highest BCUT2D eigenvalue weighted by atomic mass is 14.1. The molecule has 0 heterocycles. The molecule has 0 aliphatic carbocycles. The average molecular weight is 318 g/mol. The molecule has 0 unspecified atom stereocenters. The van der Waals surface area contributed by atoms with Crippen LogP contribution in [0.15, 0.2) is 91.0 Å². The van der Waals surface area contributed by atoms with Crippen LogP contribution >= 0.6 is 0 Å². The maximum atomic E-state index is 2.34. The van der Waals surface area contributed by atoms with Crippen molar-refractivity contribution in [2.24, 2.45) is 0 Å². The molecule has 0 radical (unpaired) electrons. The maximum Gasteiger partial charge on any atom is -0.00961 e. The quantitative estimate of drug-likeness (QED) is 0.289. The first-order chi connectivity index (χ1) is 12.3. The Kier molecular flexibility index (Phi) is 3.11. The fourth-order valence-corrected chi connectivity index (χ4v) is 3.87. The second kappa shape index (κ2) is 5.46. The van der Waals surface area contributed by atoms with E-state index in [0.717, 1.165) is 0 Å². The van der Waals surface area contributed by atoms with E-state index in [1.54, 1.807) is 0 Å². The minimum atomic E-state index is 1.29. The first-order valence-electron chi connectivity index (χ1n) is 8.71. The Morgan fingerprint density at radius 2 is 1.04 bits per heavy atom. The predicted octanol–water partition coefficient (Wildman–Crippen LogP) is 7.12.